The van der Waals surface area contributed by atoms with Gasteiger partial charge in [-0.25, -0.2) is 16.8 Å². The first kappa shape index (κ1) is 29.4. The molecule has 12 nitrogen and oxygen atoms in total. The van der Waals surface area contributed by atoms with Gasteiger partial charge in [-0.3, -0.25) is 20.2 Å². The van der Waals surface area contributed by atoms with Crippen LogP contribution in [0.1, 0.15) is 11.1 Å². The normalized spacial score (nSPS) is 11.0. The van der Waals surface area contributed by atoms with Crippen molar-refractivity contribution < 1.29 is 35.8 Å². The van der Waals surface area contributed by atoms with Gasteiger partial charge in [0.05, 0.1) is 29.7 Å². The first-order chi connectivity index (χ1) is 13.5. The van der Waals surface area contributed by atoms with Crippen LogP contribution in [0.5, 0.6) is 0 Å². The average Bonchev–Trinajstić information content (AvgIpc) is 2.57. The van der Waals surface area contributed by atoms with Crippen LogP contribution in [0.3, 0.4) is 0 Å². The van der Waals surface area contributed by atoms with E-state index in [0.717, 1.165) is 12.1 Å². The van der Waals surface area contributed by atoms with E-state index in [1.807, 2.05) is 0 Å². The molecule has 0 N–H and O–H groups in total. The number of hydrogen-bond acceptors (Lipinski definition) is 10. The van der Waals surface area contributed by atoms with E-state index in [9.17, 15) is 46.2 Å². The summed E-state index contributed by atoms with van der Waals surface area (Å²) in [4.78, 5) is 18.0. The van der Waals surface area contributed by atoms with Crippen molar-refractivity contribution in [3.63, 3.8) is 0 Å². The molecule has 0 fully saturated rings. The molecule has 0 aliphatic rings. The molecule has 17 heteroatoms. The molecule has 0 aliphatic carbocycles. The smallest absolute Gasteiger partial charge is 0.744 e. The van der Waals surface area contributed by atoms with Crippen LogP contribution in [0.15, 0.2) is 34.1 Å². The maximum atomic E-state index is 10.6. The molecule has 0 bridgehead atoms. The molecule has 2 aromatic rings. The van der Waals surface area contributed by atoms with E-state index < -0.39 is 51.2 Å². The summed E-state index contributed by atoms with van der Waals surface area (Å²) in [5, 5.41) is 20.8. The topological polar surface area (TPSA) is 201 Å². The van der Waals surface area contributed by atoms with Crippen LogP contribution in [0.2, 0.25) is 10.0 Å². The zero-order valence-corrected chi connectivity index (χ0v) is 20.1. The maximum absolute atomic E-state index is 10.6. The number of nitro benzene ring substituents is 2. The van der Waals surface area contributed by atoms with Crippen LogP contribution >= 0.6 is 23.2 Å². The van der Waals surface area contributed by atoms with E-state index in [0.29, 0.717) is 12.1 Å². The van der Waals surface area contributed by atoms with Crippen molar-refractivity contribution >= 4 is 77.9 Å². The summed E-state index contributed by atoms with van der Waals surface area (Å²) < 4.78 is 63.8. The molecule has 31 heavy (non-hydrogen) atoms. The van der Waals surface area contributed by atoms with Crippen LogP contribution in [0.4, 0.5) is 11.4 Å². The zero-order valence-electron chi connectivity index (χ0n) is 15.6. The quantitative estimate of drug-likeness (QED) is 0.247. The Hall–Kier alpha value is -1.59. The summed E-state index contributed by atoms with van der Waals surface area (Å²) in [6.45, 7) is 2.73. The number of halogens is 2. The van der Waals surface area contributed by atoms with Crippen molar-refractivity contribution in [1.82, 2.24) is 0 Å². The second-order valence-electron chi connectivity index (χ2n) is 5.52. The molecule has 0 unspecified atom stereocenters. The average molecular weight is 526 g/mol. The predicted molar refractivity (Wildman–Crippen MR) is 107 cm³/mol. The fourth-order valence-electron chi connectivity index (χ4n) is 1.95. The van der Waals surface area contributed by atoms with E-state index in [4.69, 9.17) is 23.2 Å². The molecule has 0 spiro atoms. The minimum atomic E-state index is -4.74. The zero-order chi connectivity index (χ0) is 23.6. The molecule has 0 saturated heterocycles. The van der Waals surface area contributed by atoms with Gasteiger partial charge in [-0.15, -0.1) is 0 Å². The molecule has 2 aromatic carbocycles. The van der Waals surface area contributed by atoms with Gasteiger partial charge < -0.3 is 9.11 Å². The van der Waals surface area contributed by atoms with Gasteiger partial charge in [0, 0.05) is 23.3 Å². The first-order valence-corrected chi connectivity index (χ1v) is 10.8. The fourth-order valence-corrected chi connectivity index (χ4v) is 3.54. The van der Waals surface area contributed by atoms with Gasteiger partial charge in [0.15, 0.2) is 0 Å². The van der Waals surface area contributed by atoms with Gasteiger partial charge in [-0.2, -0.15) is 0 Å². The molecule has 0 amide bonds. The standard InChI is InChI=1S/2C7H6ClNO5S.Mg/c2*1-4-6(8)2-5(15(12,13)14)3-7(4)9(10)11;/h2*2-3H,1H3,(H,12,13,14);/q;;+2/p-2. The first-order valence-electron chi connectivity index (χ1n) is 7.27. The SMILES string of the molecule is Cc1c(Cl)cc(S(=O)(=O)[O-])cc1[N+](=O)[O-].Cc1c(Cl)cc(S(=O)(=O)[O-])cc1[N+](=O)[O-].[Mg+2]. The van der Waals surface area contributed by atoms with Crippen molar-refractivity contribution in [3.8, 4) is 0 Å². The van der Waals surface area contributed by atoms with Gasteiger partial charge in [0.2, 0.25) is 0 Å². The Labute approximate surface area is 202 Å². The third-order valence-corrected chi connectivity index (χ3v) is 5.96. The van der Waals surface area contributed by atoms with Crippen LogP contribution in [-0.4, -0.2) is 58.8 Å². The summed E-state index contributed by atoms with van der Waals surface area (Å²) in [7, 11) is -9.47. The Morgan fingerprint density at radius 2 is 0.968 bits per heavy atom. The summed E-state index contributed by atoms with van der Waals surface area (Å²) in [6.07, 6.45) is 0. The summed E-state index contributed by atoms with van der Waals surface area (Å²) >= 11 is 11.1. The molecule has 0 heterocycles. The predicted octanol–water partition coefficient (Wildman–Crippen LogP) is 2.54. The van der Waals surface area contributed by atoms with E-state index >= 15 is 0 Å². The minimum Gasteiger partial charge on any atom is -0.744 e. The van der Waals surface area contributed by atoms with E-state index in [1.165, 1.54) is 13.8 Å². The molecule has 0 radical (unpaired) electrons. The summed E-state index contributed by atoms with van der Waals surface area (Å²) in [5.41, 5.74) is -0.739. The van der Waals surface area contributed by atoms with Gasteiger partial charge in [0.1, 0.15) is 20.2 Å². The van der Waals surface area contributed by atoms with E-state index in [1.54, 1.807) is 0 Å². The molecule has 0 saturated carbocycles. The van der Waals surface area contributed by atoms with Crippen molar-refractivity contribution in [2.45, 2.75) is 23.6 Å². The number of nitrogens with zero attached hydrogens (tertiary/aromatic N) is 2. The molecule has 0 aliphatic heterocycles. The van der Waals surface area contributed by atoms with Crippen molar-refractivity contribution in [2.75, 3.05) is 0 Å². The van der Waals surface area contributed by atoms with Crippen molar-refractivity contribution in [2.24, 2.45) is 0 Å². The molecule has 0 atom stereocenters. The Kier molecular flexibility index (Phi) is 10.3. The second-order valence-corrected chi connectivity index (χ2v) is 9.09. The Balaban J connectivity index is 0.000000562. The summed E-state index contributed by atoms with van der Waals surface area (Å²) in [5.74, 6) is 0. The molecular formula is C14H10Cl2MgN2O10S2. The Morgan fingerprint density at radius 3 is 1.16 bits per heavy atom. The molecular weight excluding hydrogens is 516 g/mol. The summed E-state index contributed by atoms with van der Waals surface area (Å²) in [6, 6.07) is 3.19. The second kappa shape index (κ2) is 10.8. The van der Waals surface area contributed by atoms with Crippen LogP contribution < -0.4 is 0 Å². The molecule has 0 aromatic heterocycles. The largest absolute Gasteiger partial charge is 2.00 e. The molecule has 2 rings (SSSR count). The number of rotatable bonds is 4. The third kappa shape index (κ3) is 7.80. The van der Waals surface area contributed by atoms with E-state index in [2.05, 4.69) is 0 Å². The molecule has 164 valence electrons. The van der Waals surface area contributed by atoms with Crippen LogP contribution in [0.25, 0.3) is 0 Å². The van der Waals surface area contributed by atoms with E-state index in [-0.39, 0.29) is 44.2 Å². The van der Waals surface area contributed by atoms with Crippen LogP contribution in [-0.2, 0) is 20.2 Å². The Morgan fingerprint density at radius 1 is 0.710 bits per heavy atom. The van der Waals surface area contributed by atoms with Gasteiger partial charge >= 0.3 is 23.1 Å². The van der Waals surface area contributed by atoms with Crippen LogP contribution in [0, 0.1) is 34.1 Å². The van der Waals surface area contributed by atoms with Gasteiger partial charge in [-0.05, 0) is 26.0 Å². The van der Waals surface area contributed by atoms with Gasteiger partial charge in [-0.1, -0.05) is 23.2 Å². The minimum absolute atomic E-state index is 0. The monoisotopic (exact) mass is 524 g/mol. The number of hydrogen-bond donors (Lipinski definition) is 0. The van der Waals surface area contributed by atoms with Crippen molar-refractivity contribution in [1.29, 1.82) is 0 Å². The van der Waals surface area contributed by atoms with Gasteiger partial charge in [0.25, 0.3) is 11.4 Å². The third-order valence-electron chi connectivity index (χ3n) is 3.55. The maximum Gasteiger partial charge on any atom is 2.00 e. The van der Waals surface area contributed by atoms with Crippen molar-refractivity contribution in [3.05, 3.63) is 65.7 Å². The number of nitro groups is 2. The Bertz CT molecular complexity index is 1150. The fraction of sp³-hybridized carbons (Fsp3) is 0.143. The number of benzene rings is 2.